The molecular formula is C22H27ClN3O3+. The maximum Gasteiger partial charge on any atom is 0.161 e. The molecule has 1 aliphatic heterocycles. The minimum absolute atomic E-state index is 0.200. The van der Waals surface area contributed by atoms with Crippen LogP contribution in [0.25, 0.3) is 0 Å². The van der Waals surface area contributed by atoms with E-state index in [9.17, 15) is 5.11 Å². The Hall–Kier alpha value is -2.70. The normalized spacial score (nSPS) is 17.9. The summed E-state index contributed by atoms with van der Waals surface area (Å²) >= 11 is 6.20. The van der Waals surface area contributed by atoms with Crippen molar-refractivity contribution in [2.45, 2.75) is 19.9 Å². The van der Waals surface area contributed by atoms with Gasteiger partial charge in [-0.15, -0.1) is 0 Å². The molecule has 2 N–H and O–H groups in total. The van der Waals surface area contributed by atoms with Gasteiger partial charge in [-0.25, -0.2) is 0 Å². The largest absolute Gasteiger partial charge is 0.504 e. The first-order valence-electron chi connectivity index (χ1n) is 9.56. The van der Waals surface area contributed by atoms with Gasteiger partial charge in [0.1, 0.15) is 37.0 Å². The van der Waals surface area contributed by atoms with E-state index in [1.54, 1.807) is 20.3 Å². The zero-order valence-corrected chi connectivity index (χ0v) is 17.7. The first kappa shape index (κ1) is 21.0. The molecule has 154 valence electrons. The van der Waals surface area contributed by atoms with Crippen LogP contribution in [0.5, 0.6) is 17.2 Å². The number of likely N-dealkylation sites (N-methyl/N-ethyl adjacent to an activating group) is 1. The van der Waals surface area contributed by atoms with Gasteiger partial charge in [0.15, 0.2) is 11.5 Å². The summed E-state index contributed by atoms with van der Waals surface area (Å²) in [5, 5.41) is 19.0. The Balaban J connectivity index is 1.64. The van der Waals surface area contributed by atoms with Crippen LogP contribution in [0.3, 0.4) is 0 Å². The summed E-state index contributed by atoms with van der Waals surface area (Å²) < 4.78 is 10.9. The van der Waals surface area contributed by atoms with Gasteiger partial charge >= 0.3 is 0 Å². The maximum atomic E-state index is 10.3. The molecule has 0 aromatic heterocycles. The highest BCUT2D eigenvalue weighted by molar-refractivity contribution is 6.32. The van der Waals surface area contributed by atoms with Crippen molar-refractivity contribution < 1.29 is 19.2 Å². The summed E-state index contributed by atoms with van der Waals surface area (Å²) in [7, 11) is 3.16. The Morgan fingerprint density at radius 1 is 1.14 bits per heavy atom. The zero-order valence-electron chi connectivity index (χ0n) is 17.0. The number of halogens is 1. The number of hydrogen-bond donors (Lipinski definition) is 2. The van der Waals surface area contributed by atoms with Crippen LogP contribution in [0.15, 0.2) is 53.4 Å². The molecule has 6 nitrogen and oxygen atoms in total. The molecule has 1 heterocycles. The van der Waals surface area contributed by atoms with Crippen LogP contribution < -0.4 is 14.8 Å². The van der Waals surface area contributed by atoms with Crippen molar-refractivity contribution >= 4 is 17.8 Å². The number of methoxy groups -OCH3 is 2. The summed E-state index contributed by atoms with van der Waals surface area (Å²) in [5.41, 5.74) is 2.88. The van der Waals surface area contributed by atoms with E-state index >= 15 is 0 Å². The molecule has 1 atom stereocenters. The second-order valence-corrected chi connectivity index (χ2v) is 7.30. The Morgan fingerprint density at radius 3 is 2.62 bits per heavy atom. The number of nitrogens with one attached hydrogen (secondary N) is 1. The number of ether oxygens (including phenoxy) is 2. The molecule has 7 heteroatoms. The molecule has 0 bridgehead atoms. The lowest BCUT2D eigenvalue weighted by molar-refractivity contribution is -0.881. The van der Waals surface area contributed by atoms with Crippen LogP contribution in [-0.4, -0.2) is 43.2 Å². The zero-order chi connectivity index (χ0) is 20.9. The number of nitrogens with zero attached hydrogens (tertiary/aromatic N) is 2. The van der Waals surface area contributed by atoms with Gasteiger partial charge in [-0.3, -0.25) is 0 Å². The van der Waals surface area contributed by atoms with Gasteiger partial charge < -0.3 is 19.9 Å². The average molecular weight is 417 g/mol. The molecule has 0 amide bonds. The molecule has 1 aliphatic rings. The van der Waals surface area contributed by atoms with Gasteiger partial charge in [-0.1, -0.05) is 34.9 Å². The molecule has 0 aliphatic carbocycles. The Morgan fingerprint density at radius 2 is 1.93 bits per heavy atom. The molecule has 0 saturated heterocycles. The molecule has 0 radical (unpaired) electrons. The third-order valence-corrected chi connectivity index (χ3v) is 5.43. The monoisotopic (exact) mass is 416 g/mol. The van der Waals surface area contributed by atoms with Crippen molar-refractivity contribution in [3.05, 3.63) is 64.4 Å². The quantitative estimate of drug-likeness (QED) is 0.605. The number of phenolic OH excluding ortho intramolecular Hbond substituents is 1. The van der Waals surface area contributed by atoms with Crippen LogP contribution in [0, 0.1) is 0 Å². The predicted octanol–water partition coefficient (Wildman–Crippen LogP) is 4.07. The predicted molar refractivity (Wildman–Crippen MR) is 115 cm³/mol. The van der Waals surface area contributed by atoms with Crippen LogP contribution in [-0.2, 0) is 13.0 Å². The Kier molecular flexibility index (Phi) is 6.67. The summed E-state index contributed by atoms with van der Waals surface area (Å²) in [6, 6.07) is 11.3. The summed E-state index contributed by atoms with van der Waals surface area (Å²) in [6.07, 6.45) is 4.66. The standard InChI is InChI=1S/C22H26ClN3O3/c1-4-26(11-10-17-6-5-7-21(29-3)22(17)27)15-18(14-25-26)24-13-16-8-9-20(28-2)19(23)12-16/h5-9,12,14-15,24H,4,10-11,13H2,1-3H3/p+1. The van der Waals surface area contributed by atoms with Gasteiger partial charge in [0.25, 0.3) is 0 Å². The molecule has 2 aromatic rings. The number of aromatic hydroxyl groups is 1. The summed E-state index contributed by atoms with van der Waals surface area (Å²) in [4.78, 5) is 0. The van der Waals surface area contributed by atoms with E-state index < -0.39 is 0 Å². The third kappa shape index (κ3) is 4.83. The van der Waals surface area contributed by atoms with E-state index in [1.165, 1.54) is 0 Å². The van der Waals surface area contributed by atoms with Crippen molar-refractivity contribution in [2.24, 2.45) is 5.10 Å². The minimum atomic E-state index is 0.200. The Bertz CT molecular complexity index is 930. The smallest absolute Gasteiger partial charge is 0.161 e. The lowest BCUT2D eigenvalue weighted by Crippen LogP contribution is -2.37. The van der Waals surface area contributed by atoms with Gasteiger partial charge in [0.05, 0.1) is 19.2 Å². The van der Waals surface area contributed by atoms with Gasteiger partial charge in [0.2, 0.25) is 0 Å². The second-order valence-electron chi connectivity index (χ2n) is 6.90. The van der Waals surface area contributed by atoms with E-state index in [0.717, 1.165) is 29.9 Å². The van der Waals surface area contributed by atoms with Gasteiger partial charge in [-0.05, 0) is 30.7 Å². The number of para-hydroxylation sites is 1. The van der Waals surface area contributed by atoms with Crippen molar-refractivity contribution in [2.75, 3.05) is 27.3 Å². The van der Waals surface area contributed by atoms with E-state index in [0.29, 0.717) is 34.1 Å². The van der Waals surface area contributed by atoms with Crippen LogP contribution in [0.1, 0.15) is 18.1 Å². The topological polar surface area (TPSA) is 63.1 Å². The number of allylic oxidation sites excluding steroid dienone is 1. The summed E-state index contributed by atoms with van der Waals surface area (Å²) in [6.45, 7) is 4.31. The van der Waals surface area contributed by atoms with E-state index in [2.05, 4.69) is 18.4 Å². The van der Waals surface area contributed by atoms with Crippen LogP contribution >= 0.6 is 11.6 Å². The highest BCUT2D eigenvalue weighted by Crippen LogP contribution is 2.31. The molecule has 3 rings (SSSR count). The number of quaternary nitrogens is 1. The fraction of sp³-hybridized carbons (Fsp3) is 0.318. The number of hydrogen-bond acceptors (Lipinski definition) is 5. The molecule has 0 spiro atoms. The number of benzene rings is 2. The molecule has 0 saturated carbocycles. The number of phenols is 1. The Labute approximate surface area is 176 Å². The summed E-state index contributed by atoms with van der Waals surface area (Å²) in [5.74, 6) is 1.36. The molecule has 1 unspecified atom stereocenters. The highest BCUT2D eigenvalue weighted by Gasteiger charge is 2.28. The fourth-order valence-corrected chi connectivity index (χ4v) is 3.60. The van der Waals surface area contributed by atoms with Crippen molar-refractivity contribution in [3.8, 4) is 17.2 Å². The first-order chi connectivity index (χ1) is 14.0. The first-order valence-corrected chi connectivity index (χ1v) is 9.94. The van der Waals surface area contributed by atoms with Crippen molar-refractivity contribution in [3.63, 3.8) is 0 Å². The van der Waals surface area contributed by atoms with Crippen molar-refractivity contribution in [1.29, 1.82) is 0 Å². The van der Waals surface area contributed by atoms with Crippen LogP contribution in [0.2, 0.25) is 5.02 Å². The van der Waals surface area contributed by atoms with E-state index in [1.807, 2.05) is 36.5 Å². The van der Waals surface area contributed by atoms with Crippen molar-refractivity contribution in [1.82, 2.24) is 5.32 Å². The third-order valence-electron chi connectivity index (χ3n) is 5.14. The number of rotatable bonds is 9. The second kappa shape index (κ2) is 9.20. The lowest BCUT2D eigenvalue weighted by Gasteiger charge is -2.24. The minimum Gasteiger partial charge on any atom is -0.504 e. The highest BCUT2D eigenvalue weighted by atomic mass is 35.5. The fourth-order valence-electron chi connectivity index (χ4n) is 3.32. The molecular weight excluding hydrogens is 390 g/mol. The van der Waals surface area contributed by atoms with Crippen LogP contribution in [0.4, 0.5) is 0 Å². The van der Waals surface area contributed by atoms with Gasteiger partial charge in [-0.2, -0.15) is 4.59 Å². The molecule has 0 fully saturated rings. The van der Waals surface area contributed by atoms with Gasteiger partial charge in [0, 0.05) is 18.5 Å². The SMILES string of the molecule is CC[N+]1(CCc2cccc(OC)c2O)C=C(NCc2ccc(OC)c(Cl)c2)C=N1. The van der Waals surface area contributed by atoms with E-state index in [-0.39, 0.29) is 5.75 Å². The maximum absolute atomic E-state index is 10.3. The van der Waals surface area contributed by atoms with E-state index in [4.69, 9.17) is 26.2 Å². The molecule has 29 heavy (non-hydrogen) atoms. The lowest BCUT2D eigenvalue weighted by atomic mass is 10.1. The molecule has 2 aromatic carbocycles. The average Bonchev–Trinajstić information content (AvgIpc) is 3.15.